The van der Waals surface area contributed by atoms with Gasteiger partial charge in [0.15, 0.2) is 5.82 Å². The third kappa shape index (κ3) is 5.50. The lowest BCUT2D eigenvalue weighted by atomic mass is 9.95. The zero-order chi connectivity index (χ0) is 19.9. The highest BCUT2D eigenvalue weighted by Gasteiger charge is 2.28. The third-order valence-electron chi connectivity index (χ3n) is 5.97. The van der Waals surface area contributed by atoms with Gasteiger partial charge in [-0.1, -0.05) is 55.6 Å². The quantitative estimate of drug-likeness (QED) is 0.725. The van der Waals surface area contributed by atoms with Gasteiger partial charge >= 0.3 is 0 Å². The van der Waals surface area contributed by atoms with Crippen LogP contribution >= 0.6 is 11.8 Å². The Morgan fingerprint density at radius 1 is 0.931 bits per heavy atom. The Hall–Kier alpha value is -2.08. The van der Waals surface area contributed by atoms with E-state index in [1.54, 1.807) is 24.2 Å². The van der Waals surface area contributed by atoms with Gasteiger partial charge < -0.3 is 10.2 Å². The minimum Gasteiger partial charge on any atom is -0.354 e. The molecule has 0 radical (unpaired) electrons. The highest BCUT2D eigenvalue weighted by molar-refractivity contribution is 7.99. The predicted octanol–water partition coefficient (Wildman–Crippen LogP) is 4.68. The van der Waals surface area contributed by atoms with Crippen LogP contribution in [0.2, 0.25) is 0 Å². The van der Waals surface area contributed by atoms with E-state index in [0.717, 1.165) is 54.5 Å². The van der Waals surface area contributed by atoms with E-state index in [0.29, 0.717) is 6.04 Å². The Morgan fingerprint density at radius 3 is 2.34 bits per heavy atom. The Balaban J connectivity index is 1.34. The fourth-order valence-electron chi connectivity index (χ4n) is 4.30. The maximum absolute atomic E-state index is 12.8. The molecule has 0 atom stereocenters. The summed E-state index contributed by atoms with van der Waals surface area (Å²) in [6.45, 7) is 1.70. The summed E-state index contributed by atoms with van der Waals surface area (Å²) in [5, 5.41) is 4.27. The molecule has 1 aromatic heterocycles. The van der Waals surface area contributed by atoms with Crippen LogP contribution in [0.5, 0.6) is 0 Å². The van der Waals surface area contributed by atoms with Crippen LogP contribution in [0, 0.1) is 5.92 Å². The van der Waals surface area contributed by atoms with Crippen LogP contribution in [0.3, 0.4) is 0 Å². The molecule has 1 aliphatic heterocycles. The van der Waals surface area contributed by atoms with Crippen LogP contribution in [-0.2, 0) is 4.79 Å². The first-order valence-electron chi connectivity index (χ1n) is 10.9. The van der Waals surface area contributed by atoms with Gasteiger partial charge in [0.2, 0.25) is 5.91 Å². The summed E-state index contributed by atoms with van der Waals surface area (Å²) in [5.41, 5.74) is 0. The van der Waals surface area contributed by atoms with E-state index in [-0.39, 0.29) is 11.8 Å². The molecule has 4 rings (SSSR count). The van der Waals surface area contributed by atoms with Gasteiger partial charge in [0.1, 0.15) is 5.03 Å². The zero-order valence-corrected chi connectivity index (χ0v) is 17.7. The number of hydrogen-bond acceptors (Lipinski definition) is 5. The number of anilines is 1. The molecule has 5 nitrogen and oxygen atoms in total. The molecule has 0 unspecified atom stereocenters. The van der Waals surface area contributed by atoms with Gasteiger partial charge in [0.05, 0.1) is 0 Å². The van der Waals surface area contributed by atoms with Crippen molar-refractivity contribution in [2.45, 2.75) is 67.3 Å². The van der Waals surface area contributed by atoms with Crippen molar-refractivity contribution in [3.63, 3.8) is 0 Å². The molecular formula is C23H30N4OS. The van der Waals surface area contributed by atoms with Gasteiger partial charge in [-0.2, -0.15) is 0 Å². The van der Waals surface area contributed by atoms with Crippen LogP contribution < -0.4 is 10.2 Å². The second-order valence-corrected chi connectivity index (χ2v) is 9.12. The molecule has 154 valence electrons. The van der Waals surface area contributed by atoms with Crippen molar-refractivity contribution in [1.82, 2.24) is 15.3 Å². The van der Waals surface area contributed by atoms with Crippen molar-refractivity contribution in [2.24, 2.45) is 5.92 Å². The number of carbonyl (C=O) groups is 1. The van der Waals surface area contributed by atoms with Crippen LogP contribution in [-0.4, -0.2) is 35.0 Å². The van der Waals surface area contributed by atoms with E-state index in [2.05, 4.69) is 32.3 Å². The molecular weight excluding hydrogens is 380 g/mol. The van der Waals surface area contributed by atoms with Crippen molar-refractivity contribution in [1.29, 1.82) is 0 Å². The van der Waals surface area contributed by atoms with E-state index in [4.69, 9.17) is 0 Å². The first-order chi connectivity index (χ1) is 14.3. The van der Waals surface area contributed by atoms with Gasteiger partial charge in [0.25, 0.3) is 0 Å². The van der Waals surface area contributed by atoms with Gasteiger partial charge in [-0.25, -0.2) is 9.97 Å². The minimum atomic E-state index is 0.122. The summed E-state index contributed by atoms with van der Waals surface area (Å²) in [5.74, 6) is 1.31. The molecule has 1 aliphatic carbocycles. The van der Waals surface area contributed by atoms with E-state index >= 15 is 0 Å². The summed E-state index contributed by atoms with van der Waals surface area (Å²) >= 11 is 1.65. The van der Waals surface area contributed by atoms with Gasteiger partial charge in [0, 0.05) is 42.3 Å². The average molecular weight is 411 g/mol. The lowest BCUT2D eigenvalue weighted by molar-refractivity contribution is -0.126. The number of aromatic nitrogens is 2. The topological polar surface area (TPSA) is 58.1 Å². The standard InChI is InChI=1S/C23H30N4OS/c28-22(26-19-8-4-1-2-5-9-19)18-12-16-27(17-13-18)21-23(25-15-14-24-21)29-20-10-6-3-7-11-20/h3,6-7,10-11,14-15,18-19H,1-2,4-5,8-9,12-13,16-17H2,(H,26,28). The van der Waals surface area contributed by atoms with Crippen molar-refractivity contribution in [3.8, 4) is 0 Å². The minimum absolute atomic E-state index is 0.122. The molecule has 29 heavy (non-hydrogen) atoms. The molecule has 2 aliphatic rings. The molecule has 1 amide bonds. The number of nitrogens with one attached hydrogen (secondary N) is 1. The summed E-state index contributed by atoms with van der Waals surface area (Å²) in [7, 11) is 0. The maximum atomic E-state index is 12.8. The molecule has 1 aromatic carbocycles. The van der Waals surface area contributed by atoms with Gasteiger partial charge in [-0.3, -0.25) is 4.79 Å². The molecule has 0 bridgehead atoms. The molecule has 0 spiro atoms. The maximum Gasteiger partial charge on any atom is 0.223 e. The van der Waals surface area contributed by atoms with Crippen LogP contribution in [0.4, 0.5) is 5.82 Å². The second kappa shape index (κ2) is 10.1. The summed E-state index contributed by atoms with van der Waals surface area (Å²) < 4.78 is 0. The smallest absolute Gasteiger partial charge is 0.223 e. The fraction of sp³-hybridized carbons (Fsp3) is 0.522. The highest BCUT2D eigenvalue weighted by atomic mass is 32.2. The Kier molecular flexibility index (Phi) is 7.04. The van der Waals surface area contributed by atoms with Crippen molar-refractivity contribution < 1.29 is 4.79 Å². The lowest BCUT2D eigenvalue weighted by Crippen LogP contribution is -2.44. The average Bonchev–Trinajstić information content (AvgIpc) is 3.04. The summed E-state index contributed by atoms with van der Waals surface area (Å²) in [6, 6.07) is 10.7. The Labute approximate surface area is 177 Å². The Bertz CT molecular complexity index is 784. The third-order valence-corrected chi connectivity index (χ3v) is 6.96. The first kappa shape index (κ1) is 20.2. The zero-order valence-electron chi connectivity index (χ0n) is 16.9. The number of amides is 1. The largest absolute Gasteiger partial charge is 0.354 e. The van der Waals surface area contributed by atoms with E-state index in [1.807, 2.05) is 18.2 Å². The molecule has 2 heterocycles. The van der Waals surface area contributed by atoms with Crippen LogP contribution in [0.25, 0.3) is 0 Å². The molecule has 6 heteroatoms. The van der Waals surface area contributed by atoms with Crippen molar-refractivity contribution >= 4 is 23.5 Å². The number of benzene rings is 1. The number of hydrogen-bond donors (Lipinski definition) is 1. The summed E-state index contributed by atoms with van der Waals surface area (Å²) in [6.07, 6.45) is 12.7. The molecule has 2 fully saturated rings. The SMILES string of the molecule is O=C(NC1CCCCCC1)C1CCN(c2nccnc2Sc2ccccc2)CC1. The summed E-state index contributed by atoms with van der Waals surface area (Å²) in [4.78, 5) is 25.4. The number of rotatable bonds is 5. The fourth-order valence-corrected chi connectivity index (χ4v) is 5.21. The van der Waals surface area contributed by atoms with Crippen molar-refractivity contribution in [2.75, 3.05) is 18.0 Å². The van der Waals surface area contributed by atoms with Crippen molar-refractivity contribution in [3.05, 3.63) is 42.7 Å². The molecule has 2 aromatic rings. The first-order valence-corrected chi connectivity index (χ1v) is 11.7. The van der Waals surface area contributed by atoms with Gasteiger partial charge in [-0.15, -0.1) is 0 Å². The van der Waals surface area contributed by atoms with E-state index in [9.17, 15) is 4.79 Å². The van der Waals surface area contributed by atoms with E-state index in [1.165, 1.54) is 25.7 Å². The lowest BCUT2D eigenvalue weighted by Gasteiger charge is -2.33. The van der Waals surface area contributed by atoms with Gasteiger partial charge in [-0.05, 0) is 37.8 Å². The number of nitrogens with zero attached hydrogens (tertiary/aromatic N) is 3. The normalized spacial score (nSPS) is 19.0. The van der Waals surface area contributed by atoms with Crippen LogP contribution in [0.1, 0.15) is 51.4 Å². The van der Waals surface area contributed by atoms with E-state index < -0.39 is 0 Å². The highest BCUT2D eigenvalue weighted by Crippen LogP contribution is 2.33. The Morgan fingerprint density at radius 2 is 1.62 bits per heavy atom. The second-order valence-electron chi connectivity index (χ2n) is 8.06. The number of carbonyl (C=O) groups excluding carboxylic acids is 1. The molecule has 1 saturated heterocycles. The molecule has 1 N–H and O–H groups in total. The monoisotopic (exact) mass is 410 g/mol. The molecule has 1 saturated carbocycles. The number of piperidine rings is 1. The van der Waals surface area contributed by atoms with Crippen LogP contribution in [0.15, 0.2) is 52.6 Å². The predicted molar refractivity (Wildman–Crippen MR) is 117 cm³/mol.